The van der Waals surface area contributed by atoms with Crippen molar-refractivity contribution in [3.63, 3.8) is 0 Å². The highest BCUT2D eigenvalue weighted by atomic mass is 16.5. The summed E-state index contributed by atoms with van der Waals surface area (Å²) < 4.78 is 5.46. The lowest BCUT2D eigenvalue weighted by Gasteiger charge is -2.58. The van der Waals surface area contributed by atoms with Crippen LogP contribution in [0.15, 0.2) is 12.2 Å². The Labute approximate surface area is 158 Å². The maximum atomic E-state index is 11.4. The van der Waals surface area contributed by atoms with E-state index >= 15 is 0 Å². The van der Waals surface area contributed by atoms with E-state index in [1.54, 1.807) is 0 Å². The molecule has 0 unspecified atom stereocenters. The lowest BCUT2D eigenvalue weighted by atomic mass is 9.46. The average Bonchev–Trinajstić information content (AvgIpc) is 2.51. The lowest BCUT2D eigenvalue weighted by Crippen LogP contribution is -2.52. The molecule has 148 valence electrons. The van der Waals surface area contributed by atoms with Crippen LogP contribution in [0, 0.1) is 28.6 Å². The summed E-state index contributed by atoms with van der Waals surface area (Å²) in [5.74, 6) is 0.247. The molecule has 2 fully saturated rings. The van der Waals surface area contributed by atoms with E-state index in [9.17, 15) is 9.59 Å². The van der Waals surface area contributed by atoms with Crippen LogP contribution in [0.2, 0.25) is 0 Å². The van der Waals surface area contributed by atoms with Gasteiger partial charge in [-0.15, -0.1) is 0 Å². The molecule has 0 aliphatic heterocycles. The molecule has 0 heterocycles. The highest BCUT2D eigenvalue weighted by Crippen LogP contribution is 2.62. The molecular weight excluding hydrogens is 328 g/mol. The average molecular weight is 365 g/mol. The topological polar surface area (TPSA) is 63.6 Å². The molecule has 2 aliphatic rings. The lowest BCUT2D eigenvalue weighted by molar-refractivity contribution is -0.153. The Kier molecular flexibility index (Phi) is 6.57. The number of carboxylic acid groups (broad SMARTS) is 1. The zero-order valence-corrected chi connectivity index (χ0v) is 17.0. The second kappa shape index (κ2) is 8.14. The van der Waals surface area contributed by atoms with E-state index in [4.69, 9.17) is 9.84 Å². The quantitative estimate of drug-likeness (QED) is 0.497. The molecule has 1 N–H and O–H groups in total. The summed E-state index contributed by atoms with van der Waals surface area (Å²) in [6.07, 6.45) is 7.78. The number of ether oxygens (including phenoxy) is 1. The molecular formula is C22H36O4. The fourth-order valence-corrected chi connectivity index (χ4v) is 5.91. The first kappa shape index (κ1) is 21.0. The van der Waals surface area contributed by atoms with Gasteiger partial charge in [0.25, 0.3) is 0 Å². The molecule has 2 aliphatic carbocycles. The predicted octanol–water partition coefficient (Wildman–Crippen LogP) is 5.22. The van der Waals surface area contributed by atoms with E-state index in [2.05, 4.69) is 20.4 Å². The van der Waals surface area contributed by atoms with Gasteiger partial charge in [0.05, 0.1) is 6.61 Å². The first-order valence-electron chi connectivity index (χ1n) is 10.1. The Morgan fingerprint density at radius 1 is 1.35 bits per heavy atom. The molecule has 0 aromatic carbocycles. The summed E-state index contributed by atoms with van der Waals surface area (Å²) >= 11 is 0. The van der Waals surface area contributed by atoms with Crippen LogP contribution in [0.1, 0.15) is 79.1 Å². The minimum absolute atomic E-state index is 0.0320. The Bertz CT molecular complexity index is 554. The van der Waals surface area contributed by atoms with Crippen LogP contribution < -0.4 is 0 Å². The zero-order chi connectivity index (χ0) is 19.5. The molecule has 0 aromatic heterocycles. The van der Waals surface area contributed by atoms with Gasteiger partial charge in [0.1, 0.15) is 0 Å². The fourth-order valence-electron chi connectivity index (χ4n) is 5.91. The third kappa shape index (κ3) is 4.50. The van der Waals surface area contributed by atoms with Crippen molar-refractivity contribution >= 4 is 11.9 Å². The van der Waals surface area contributed by atoms with Crippen LogP contribution in [0.3, 0.4) is 0 Å². The molecule has 0 aromatic rings. The van der Waals surface area contributed by atoms with Crippen molar-refractivity contribution in [2.75, 3.05) is 6.61 Å². The standard InChI is InChI=1S/C22H36O4/c1-15(13-20(24)25)7-9-18-16(2)8-10-19-21(4,14-26-17(3)23)11-6-12-22(18,19)5/h15,18-19H,2,6-14H2,1,3-5H3,(H,24,25)/t15-,18-,19-,21-,22+/m0/s1. The van der Waals surface area contributed by atoms with E-state index in [0.717, 1.165) is 38.5 Å². The largest absolute Gasteiger partial charge is 0.481 e. The number of carboxylic acids is 1. The van der Waals surface area contributed by atoms with Crippen molar-refractivity contribution in [1.82, 2.24) is 0 Å². The van der Waals surface area contributed by atoms with Crippen LogP contribution >= 0.6 is 0 Å². The molecule has 0 bridgehead atoms. The Morgan fingerprint density at radius 2 is 2.04 bits per heavy atom. The Balaban J connectivity index is 2.15. The predicted molar refractivity (Wildman–Crippen MR) is 103 cm³/mol. The van der Waals surface area contributed by atoms with Gasteiger partial charge in [0.15, 0.2) is 0 Å². The van der Waals surface area contributed by atoms with Crippen molar-refractivity contribution < 1.29 is 19.4 Å². The van der Waals surface area contributed by atoms with E-state index in [1.165, 1.54) is 18.9 Å². The van der Waals surface area contributed by atoms with Gasteiger partial charge in [-0.2, -0.15) is 0 Å². The molecule has 0 amide bonds. The van der Waals surface area contributed by atoms with E-state index in [-0.39, 0.29) is 29.1 Å². The number of esters is 1. The molecule has 0 spiro atoms. The first-order chi connectivity index (χ1) is 12.1. The number of hydrogen-bond acceptors (Lipinski definition) is 3. The molecule has 26 heavy (non-hydrogen) atoms. The van der Waals surface area contributed by atoms with Gasteiger partial charge in [-0.05, 0) is 61.7 Å². The number of allylic oxidation sites excluding steroid dienone is 1. The van der Waals surface area contributed by atoms with Gasteiger partial charge in [0, 0.05) is 18.8 Å². The monoisotopic (exact) mass is 364 g/mol. The summed E-state index contributed by atoms with van der Waals surface area (Å²) in [6, 6.07) is 0. The van der Waals surface area contributed by atoms with Gasteiger partial charge < -0.3 is 9.84 Å². The van der Waals surface area contributed by atoms with Gasteiger partial charge in [-0.1, -0.05) is 39.3 Å². The molecule has 0 saturated heterocycles. The SMILES string of the molecule is C=C1CC[C@H]2[C@](C)(COC(C)=O)CCC[C@]2(C)[C@H]1CC[C@H](C)CC(=O)O. The number of fused-ring (bicyclic) bond motifs is 1. The third-order valence-corrected chi connectivity index (χ3v) is 7.22. The van der Waals surface area contributed by atoms with E-state index in [0.29, 0.717) is 18.4 Å². The summed E-state index contributed by atoms with van der Waals surface area (Å²) in [5, 5.41) is 9.02. The second-order valence-electron chi connectivity index (χ2n) is 9.38. The van der Waals surface area contributed by atoms with Gasteiger partial charge >= 0.3 is 11.9 Å². The minimum Gasteiger partial charge on any atom is -0.481 e. The smallest absolute Gasteiger partial charge is 0.303 e. The second-order valence-corrected chi connectivity index (χ2v) is 9.38. The van der Waals surface area contributed by atoms with Gasteiger partial charge in [0.2, 0.25) is 0 Å². The summed E-state index contributed by atoms with van der Waals surface area (Å²) in [6.45, 7) is 13.1. The highest BCUT2D eigenvalue weighted by Gasteiger charge is 2.54. The summed E-state index contributed by atoms with van der Waals surface area (Å²) in [7, 11) is 0. The summed E-state index contributed by atoms with van der Waals surface area (Å²) in [5.41, 5.74) is 1.54. The molecule has 2 rings (SSSR count). The van der Waals surface area contributed by atoms with Crippen LogP contribution in [0.25, 0.3) is 0 Å². The number of carbonyl (C=O) groups is 2. The zero-order valence-electron chi connectivity index (χ0n) is 17.0. The first-order valence-corrected chi connectivity index (χ1v) is 10.1. The Hall–Kier alpha value is -1.32. The maximum Gasteiger partial charge on any atom is 0.303 e. The highest BCUT2D eigenvalue weighted by molar-refractivity contribution is 5.67. The van der Waals surface area contributed by atoms with E-state index in [1.807, 2.05) is 6.92 Å². The minimum atomic E-state index is -0.712. The van der Waals surface area contributed by atoms with E-state index < -0.39 is 5.97 Å². The number of hydrogen-bond donors (Lipinski definition) is 1. The number of aliphatic carboxylic acids is 1. The van der Waals surface area contributed by atoms with Crippen LogP contribution in [0.5, 0.6) is 0 Å². The maximum absolute atomic E-state index is 11.4. The van der Waals surface area contributed by atoms with Crippen molar-refractivity contribution in [2.24, 2.45) is 28.6 Å². The third-order valence-electron chi connectivity index (χ3n) is 7.22. The van der Waals surface area contributed by atoms with Crippen molar-refractivity contribution in [1.29, 1.82) is 0 Å². The number of rotatable bonds is 7. The van der Waals surface area contributed by atoms with Crippen LogP contribution in [0.4, 0.5) is 0 Å². The van der Waals surface area contributed by atoms with Crippen molar-refractivity contribution in [3.8, 4) is 0 Å². The fraction of sp³-hybridized carbons (Fsp3) is 0.818. The van der Waals surface area contributed by atoms with Gasteiger partial charge in [-0.25, -0.2) is 0 Å². The molecule has 2 saturated carbocycles. The molecule has 4 heteroatoms. The van der Waals surface area contributed by atoms with Gasteiger partial charge in [-0.3, -0.25) is 9.59 Å². The van der Waals surface area contributed by atoms with Crippen molar-refractivity contribution in [3.05, 3.63) is 12.2 Å². The molecule has 0 radical (unpaired) electrons. The van der Waals surface area contributed by atoms with Crippen LogP contribution in [-0.4, -0.2) is 23.7 Å². The molecule has 4 nitrogen and oxygen atoms in total. The van der Waals surface area contributed by atoms with Crippen molar-refractivity contribution in [2.45, 2.75) is 79.1 Å². The number of carbonyl (C=O) groups excluding carboxylic acids is 1. The Morgan fingerprint density at radius 3 is 2.65 bits per heavy atom. The van der Waals surface area contributed by atoms with Crippen LogP contribution in [-0.2, 0) is 14.3 Å². The normalized spacial score (nSPS) is 35.5. The molecule has 5 atom stereocenters. The summed E-state index contributed by atoms with van der Waals surface area (Å²) in [4.78, 5) is 22.3.